The van der Waals surface area contributed by atoms with E-state index in [4.69, 9.17) is 9.84 Å². The average Bonchev–Trinajstić information content (AvgIpc) is 1.90. The highest BCUT2D eigenvalue weighted by Crippen LogP contribution is 2.75. The Morgan fingerprint density at radius 3 is 2.54 bits per heavy atom. The zero-order valence-electron chi connectivity index (χ0n) is 8.01. The summed E-state index contributed by atoms with van der Waals surface area (Å²) in [6.07, 6.45) is 4.97. The summed E-state index contributed by atoms with van der Waals surface area (Å²) in [5.74, 6) is -0.582. The zero-order chi connectivity index (χ0) is 9.53. The third kappa shape index (κ3) is 1.17. The Morgan fingerprint density at radius 1 is 1.46 bits per heavy atom. The molecule has 0 radical (unpaired) electrons. The van der Waals surface area contributed by atoms with Crippen LogP contribution in [0.3, 0.4) is 0 Å². The second-order valence-corrected chi connectivity index (χ2v) is 4.71. The summed E-state index contributed by atoms with van der Waals surface area (Å²) in [6, 6.07) is 0. The Labute approximate surface area is 78.1 Å². The lowest BCUT2D eigenvalue weighted by Gasteiger charge is -2.68. The Kier molecular flexibility index (Phi) is 1.88. The van der Waals surface area contributed by atoms with E-state index in [-0.39, 0.29) is 5.41 Å². The quantitative estimate of drug-likeness (QED) is 0.661. The molecule has 3 heteroatoms. The molecule has 0 saturated heterocycles. The molecule has 13 heavy (non-hydrogen) atoms. The van der Waals surface area contributed by atoms with Gasteiger partial charge in [-0.1, -0.05) is 0 Å². The molecule has 3 saturated carbocycles. The lowest BCUT2D eigenvalue weighted by molar-refractivity contribution is -0.225. The molecule has 0 aliphatic heterocycles. The monoisotopic (exact) mass is 184 g/mol. The molecule has 3 rings (SSSR count). The van der Waals surface area contributed by atoms with Crippen molar-refractivity contribution in [3.05, 3.63) is 0 Å². The second kappa shape index (κ2) is 2.71. The summed E-state index contributed by atoms with van der Waals surface area (Å²) in [7, 11) is 1.71. The molecule has 2 bridgehead atoms. The molecule has 0 unspecified atom stereocenters. The van der Waals surface area contributed by atoms with E-state index in [0.29, 0.717) is 5.41 Å². The van der Waals surface area contributed by atoms with Crippen LogP contribution in [-0.4, -0.2) is 24.8 Å². The first-order valence-corrected chi connectivity index (χ1v) is 4.85. The number of hydrogen-bond acceptors (Lipinski definition) is 2. The molecule has 0 spiro atoms. The van der Waals surface area contributed by atoms with Crippen LogP contribution >= 0.6 is 0 Å². The van der Waals surface area contributed by atoms with E-state index < -0.39 is 5.97 Å². The van der Waals surface area contributed by atoms with Crippen LogP contribution in [0.15, 0.2) is 0 Å². The number of methoxy groups -OCH3 is 1. The molecule has 0 aromatic carbocycles. The smallest absolute Gasteiger partial charge is 0.309 e. The van der Waals surface area contributed by atoms with Crippen LogP contribution < -0.4 is 0 Å². The lowest BCUT2D eigenvalue weighted by Crippen LogP contribution is -2.65. The topological polar surface area (TPSA) is 46.5 Å². The normalized spacial score (nSPS) is 40.7. The molecule has 3 aliphatic rings. The van der Waals surface area contributed by atoms with Gasteiger partial charge in [0.2, 0.25) is 0 Å². The fourth-order valence-electron chi connectivity index (χ4n) is 3.08. The first-order chi connectivity index (χ1) is 6.13. The maximum atomic E-state index is 10.8. The van der Waals surface area contributed by atoms with Gasteiger partial charge in [-0.2, -0.15) is 0 Å². The third-order valence-electron chi connectivity index (χ3n) is 3.65. The van der Waals surface area contributed by atoms with Gasteiger partial charge in [0.05, 0.1) is 5.41 Å². The minimum absolute atomic E-state index is 0.299. The summed E-state index contributed by atoms with van der Waals surface area (Å²) in [5, 5.41) is 8.89. The van der Waals surface area contributed by atoms with Crippen molar-refractivity contribution in [2.75, 3.05) is 13.7 Å². The van der Waals surface area contributed by atoms with E-state index in [1.807, 2.05) is 0 Å². The maximum Gasteiger partial charge on any atom is 0.309 e. The van der Waals surface area contributed by atoms with Gasteiger partial charge in [-0.15, -0.1) is 0 Å². The van der Waals surface area contributed by atoms with Crippen molar-refractivity contribution >= 4 is 5.97 Å². The minimum Gasteiger partial charge on any atom is -0.481 e. The van der Waals surface area contributed by atoms with Crippen LogP contribution in [0, 0.1) is 10.8 Å². The number of hydrogen-bond donors (Lipinski definition) is 1. The van der Waals surface area contributed by atoms with Gasteiger partial charge < -0.3 is 9.84 Å². The minimum atomic E-state index is -0.582. The van der Waals surface area contributed by atoms with Crippen LogP contribution in [0.1, 0.15) is 32.1 Å². The Bertz CT molecular complexity index is 215. The number of carboxylic acid groups (broad SMARTS) is 1. The van der Waals surface area contributed by atoms with E-state index in [1.54, 1.807) is 7.11 Å². The summed E-state index contributed by atoms with van der Waals surface area (Å²) in [5.41, 5.74) is 0.101. The van der Waals surface area contributed by atoms with Gasteiger partial charge in [-0.3, -0.25) is 4.79 Å². The molecule has 74 valence electrons. The number of aliphatic carboxylic acids is 1. The van der Waals surface area contributed by atoms with Crippen LogP contribution in [0.2, 0.25) is 0 Å². The first-order valence-electron chi connectivity index (χ1n) is 4.85. The number of ether oxygens (including phenoxy) is 1. The van der Waals surface area contributed by atoms with E-state index in [9.17, 15) is 4.79 Å². The molecule has 3 nitrogen and oxygen atoms in total. The first kappa shape index (κ1) is 9.00. The molecule has 0 atom stereocenters. The summed E-state index contributed by atoms with van der Waals surface area (Å²) in [4.78, 5) is 10.8. The summed E-state index contributed by atoms with van der Waals surface area (Å²) in [6.45, 7) is 0.807. The molecule has 3 aliphatic carbocycles. The van der Waals surface area contributed by atoms with Crippen molar-refractivity contribution in [1.82, 2.24) is 0 Å². The largest absolute Gasteiger partial charge is 0.481 e. The van der Waals surface area contributed by atoms with Crippen LogP contribution in [0.25, 0.3) is 0 Å². The van der Waals surface area contributed by atoms with E-state index in [2.05, 4.69) is 0 Å². The van der Waals surface area contributed by atoms with Crippen LogP contribution in [0.4, 0.5) is 0 Å². The molecular weight excluding hydrogens is 168 g/mol. The number of rotatable bonds is 5. The highest BCUT2D eigenvalue weighted by Gasteiger charge is 2.70. The fraction of sp³-hybridized carbons (Fsp3) is 0.900. The fourth-order valence-corrected chi connectivity index (χ4v) is 3.08. The van der Waals surface area contributed by atoms with Crippen molar-refractivity contribution in [2.45, 2.75) is 32.1 Å². The predicted octanol–water partition coefficient (Wildman–Crippen LogP) is 1.67. The maximum absolute atomic E-state index is 10.8. The van der Waals surface area contributed by atoms with Gasteiger partial charge in [-0.05, 0) is 37.5 Å². The van der Waals surface area contributed by atoms with Gasteiger partial charge in [0.1, 0.15) is 0 Å². The Balaban J connectivity index is 1.74. The average molecular weight is 184 g/mol. The molecule has 0 heterocycles. The van der Waals surface area contributed by atoms with Crippen LogP contribution in [-0.2, 0) is 9.53 Å². The van der Waals surface area contributed by atoms with Gasteiger partial charge in [0.15, 0.2) is 0 Å². The van der Waals surface area contributed by atoms with Crippen molar-refractivity contribution in [3.63, 3.8) is 0 Å². The zero-order valence-corrected chi connectivity index (χ0v) is 8.01. The van der Waals surface area contributed by atoms with Gasteiger partial charge in [0.25, 0.3) is 0 Å². The molecule has 0 aromatic rings. The molecular formula is C10H16O3. The number of carboxylic acids is 1. The Morgan fingerprint density at radius 2 is 2.08 bits per heavy atom. The van der Waals surface area contributed by atoms with Crippen LogP contribution in [0.5, 0.6) is 0 Å². The van der Waals surface area contributed by atoms with Gasteiger partial charge in [-0.25, -0.2) is 0 Å². The lowest BCUT2D eigenvalue weighted by atomic mass is 9.34. The summed E-state index contributed by atoms with van der Waals surface area (Å²) >= 11 is 0. The Hall–Kier alpha value is -0.570. The standard InChI is InChI=1S/C10H16O3/c1-13-4-2-3-9-5-10(6-9,7-9)8(11)12/h2-7H2,1H3,(H,11,12). The number of carbonyl (C=O) groups is 1. The van der Waals surface area contributed by atoms with Crippen molar-refractivity contribution in [3.8, 4) is 0 Å². The predicted molar refractivity (Wildman–Crippen MR) is 47.5 cm³/mol. The van der Waals surface area contributed by atoms with E-state index in [0.717, 1.165) is 38.7 Å². The third-order valence-corrected chi connectivity index (χ3v) is 3.65. The van der Waals surface area contributed by atoms with E-state index >= 15 is 0 Å². The van der Waals surface area contributed by atoms with E-state index in [1.165, 1.54) is 0 Å². The second-order valence-electron chi connectivity index (χ2n) is 4.71. The SMILES string of the molecule is COCCCC12CC(C(=O)O)(C1)C2. The molecule has 1 N–H and O–H groups in total. The highest BCUT2D eigenvalue weighted by atomic mass is 16.5. The highest BCUT2D eigenvalue weighted by molar-refractivity contribution is 5.79. The van der Waals surface area contributed by atoms with Crippen molar-refractivity contribution < 1.29 is 14.6 Å². The van der Waals surface area contributed by atoms with Gasteiger partial charge in [0, 0.05) is 13.7 Å². The molecule has 0 amide bonds. The summed E-state index contributed by atoms with van der Waals surface area (Å²) < 4.78 is 4.98. The molecule has 0 aromatic heterocycles. The van der Waals surface area contributed by atoms with Crippen molar-refractivity contribution in [1.29, 1.82) is 0 Å². The molecule has 3 fully saturated rings. The van der Waals surface area contributed by atoms with Crippen molar-refractivity contribution in [2.24, 2.45) is 10.8 Å². The van der Waals surface area contributed by atoms with Gasteiger partial charge >= 0.3 is 5.97 Å².